The van der Waals surface area contributed by atoms with E-state index in [-0.39, 0.29) is 24.1 Å². The number of urea groups is 1. The molecule has 1 fully saturated rings. The number of nitrogens with one attached hydrogen (secondary N) is 2. The van der Waals surface area contributed by atoms with Gasteiger partial charge in [-0.3, -0.25) is 4.79 Å². The number of anilines is 2. The number of benzene rings is 3. The smallest absolute Gasteiger partial charge is 0.321 e. The molecular weight excluding hydrogens is 449 g/mol. The van der Waals surface area contributed by atoms with Crippen molar-refractivity contribution < 1.29 is 23.5 Å². The molecule has 1 saturated heterocycles. The molecule has 4 rings (SSSR count). The maximum Gasteiger partial charge on any atom is 0.321 e. The lowest BCUT2D eigenvalue weighted by molar-refractivity contribution is -0.121. The second kappa shape index (κ2) is 10.9. The Balaban J connectivity index is 1.54. The zero-order valence-electron chi connectivity index (χ0n) is 19.7. The van der Waals surface area contributed by atoms with Gasteiger partial charge in [-0.2, -0.15) is 0 Å². The molecule has 0 spiro atoms. The number of amides is 3. The highest BCUT2D eigenvalue weighted by atomic mass is 19.1. The van der Waals surface area contributed by atoms with Crippen LogP contribution in [0.15, 0.2) is 72.8 Å². The van der Waals surface area contributed by atoms with E-state index in [1.165, 1.54) is 19.2 Å². The summed E-state index contributed by atoms with van der Waals surface area (Å²) in [4.78, 5) is 27.9. The normalized spacial score (nSPS) is 17.4. The van der Waals surface area contributed by atoms with Crippen molar-refractivity contribution >= 4 is 23.3 Å². The number of para-hydroxylation sites is 1. The Hall–Kier alpha value is -4.07. The molecule has 0 aliphatic carbocycles. The summed E-state index contributed by atoms with van der Waals surface area (Å²) in [6, 6.07) is 20.5. The lowest BCUT2D eigenvalue weighted by Gasteiger charge is -2.37. The fourth-order valence-electron chi connectivity index (χ4n) is 4.34. The number of rotatable bonds is 6. The SMILES string of the molecule is COc1ccc(NC(=O)[C@H]2C[C@@H](c3ccccc3)CN(C(=O)Nc3ccccc3F)C2)cc1OC. The molecule has 2 atom stereocenters. The van der Waals surface area contributed by atoms with Crippen molar-refractivity contribution in [3.63, 3.8) is 0 Å². The van der Waals surface area contributed by atoms with E-state index < -0.39 is 17.8 Å². The third-order valence-corrected chi connectivity index (χ3v) is 6.15. The van der Waals surface area contributed by atoms with Crippen LogP contribution in [0.3, 0.4) is 0 Å². The summed E-state index contributed by atoms with van der Waals surface area (Å²) in [5.41, 5.74) is 1.71. The molecule has 35 heavy (non-hydrogen) atoms. The number of carbonyl (C=O) groups is 2. The first kappa shape index (κ1) is 24.1. The van der Waals surface area contributed by atoms with Crippen molar-refractivity contribution in [1.82, 2.24) is 4.90 Å². The third-order valence-electron chi connectivity index (χ3n) is 6.15. The van der Waals surface area contributed by atoms with Crippen LogP contribution in [0.25, 0.3) is 0 Å². The van der Waals surface area contributed by atoms with Crippen molar-refractivity contribution in [2.75, 3.05) is 37.9 Å². The lowest BCUT2D eigenvalue weighted by Crippen LogP contribution is -2.48. The average Bonchev–Trinajstić information content (AvgIpc) is 2.90. The largest absolute Gasteiger partial charge is 0.493 e. The molecule has 8 heteroatoms. The number of piperidine rings is 1. The number of likely N-dealkylation sites (tertiary alicyclic amines) is 1. The summed E-state index contributed by atoms with van der Waals surface area (Å²) >= 11 is 0. The molecule has 1 heterocycles. The Morgan fingerprint density at radius 1 is 0.886 bits per heavy atom. The summed E-state index contributed by atoms with van der Waals surface area (Å²) in [5, 5.41) is 5.57. The van der Waals surface area contributed by atoms with Crippen LogP contribution in [0.5, 0.6) is 11.5 Å². The van der Waals surface area contributed by atoms with Gasteiger partial charge in [-0.25, -0.2) is 9.18 Å². The topological polar surface area (TPSA) is 79.9 Å². The first-order chi connectivity index (χ1) is 17.0. The van der Waals surface area contributed by atoms with Crippen LogP contribution >= 0.6 is 0 Å². The molecular formula is C27H28FN3O4. The molecule has 1 aliphatic rings. The standard InChI is InChI=1S/C27H28FN3O4/c1-34-24-13-12-21(15-25(24)35-2)29-26(32)20-14-19(18-8-4-3-5-9-18)16-31(17-20)27(33)30-23-11-7-6-10-22(23)28/h3-13,15,19-20H,14,16-17H2,1-2H3,(H,29,32)(H,30,33)/t19-,20+/m1/s1. The van der Waals surface area contributed by atoms with Gasteiger partial charge >= 0.3 is 6.03 Å². The van der Waals surface area contributed by atoms with E-state index in [4.69, 9.17) is 9.47 Å². The van der Waals surface area contributed by atoms with Crippen molar-refractivity contribution in [3.05, 3.63) is 84.2 Å². The first-order valence-electron chi connectivity index (χ1n) is 11.4. The van der Waals surface area contributed by atoms with Crippen LogP contribution in [0.2, 0.25) is 0 Å². The number of hydrogen-bond donors (Lipinski definition) is 2. The molecule has 0 bridgehead atoms. The number of nitrogens with zero attached hydrogens (tertiary/aromatic N) is 1. The summed E-state index contributed by atoms with van der Waals surface area (Å²) in [6.45, 7) is 0.632. The number of ether oxygens (including phenoxy) is 2. The quantitative estimate of drug-likeness (QED) is 0.517. The Kier molecular flexibility index (Phi) is 7.50. The van der Waals surface area contributed by atoms with Crippen molar-refractivity contribution in [3.8, 4) is 11.5 Å². The van der Waals surface area contributed by atoms with E-state index in [2.05, 4.69) is 10.6 Å². The molecule has 2 N–H and O–H groups in total. The van der Waals surface area contributed by atoms with Crippen LogP contribution in [-0.4, -0.2) is 44.1 Å². The molecule has 0 aromatic heterocycles. The monoisotopic (exact) mass is 477 g/mol. The molecule has 0 radical (unpaired) electrons. The van der Waals surface area contributed by atoms with Gasteiger partial charge < -0.3 is 25.0 Å². The summed E-state index contributed by atoms with van der Waals surface area (Å²) in [5.74, 6) is -0.169. The van der Waals surface area contributed by atoms with Crippen LogP contribution in [0.1, 0.15) is 17.9 Å². The van der Waals surface area contributed by atoms with Crippen LogP contribution < -0.4 is 20.1 Å². The van der Waals surface area contributed by atoms with E-state index in [1.54, 1.807) is 42.3 Å². The summed E-state index contributed by atoms with van der Waals surface area (Å²) in [7, 11) is 3.07. The highest BCUT2D eigenvalue weighted by Gasteiger charge is 2.35. The van der Waals surface area contributed by atoms with Crippen LogP contribution in [0.4, 0.5) is 20.6 Å². The maximum absolute atomic E-state index is 14.1. The first-order valence-corrected chi connectivity index (χ1v) is 11.4. The van der Waals surface area contributed by atoms with Gasteiger partial charge in [0.25, 0.3) is 0 Å². The van der Waals surface area contributed by atoms with Gasteiger partial charge in [0.15, 0.2) is 11.5 Å². The maximum atomic E-state index is 14.1. The average molecular weight is 478 g/mol. The van der Waals surface area contributed by atoms with Crippen molar-refractivity contribution in [2.45, 2.75) is 12.3 Å². The van der Waals surface area contributed by atoms with Gasteiger partial charge in [0.2, 0.25) is 5.91 Å². The molecule has 1 aliphatic heterocycles. The number of halogens is 1. The molecule has 7 nitrogen and oxygen atoms in total. The predicted molar refractivity (Wildman–Crippen MR) is 132 cm³/mol. The Morgan fingerprint density at radius 2 is 1.60 bits per heavy atom. The third kappa shape index (κ3) is 5.71. The lowest BCUT2D eigenvalue weighted by atomic mass is 9.84. The minimum atomic E-state index is -0.514. The Bertz CT molecular complexity index is 1190. The number of hydrogen-bond acceptors (Lipinski definition) is 4. The van der Waals surface area contributed by atoms with Gasteiger partial charge in [-0.05, 0) is 36.2 Å². The van der Waals surface area contributed by atoms with E-state index in [9.17, 15) is 14.0 Å². The van der Waals surface area contributed by atoms with E-state index in [1.807, 2.05) is 30.3 Å². The summed E-state index contributed by atoms with van der Waals surface area (Å²) in [6.07, 6.45) is 0.576. The van der Waals surface area contributed by atoms with Crippen LogP contribution in [0, 0.1) is 11.7 Å². The minimum absolute atomic E-state index is 0.0440. The Morgan fingerprint density at radius 3 is 2.31 bits per heavy atom. The minimum Gasteiger partial charge on any atom is -0.493 e. The predicted octanol–water partition coefficient (Wildman–Crippen LogP) is 5.12. The van der Waals surface area contributed by atoms with Gasteiger partial charge in [-0.1, -0.05) is 42.5 Å². The van der Waals surface area contributed by atoms with Crippen molar-refractivity contribution in [1.29, 1.82) is 0 Å². The van der Waals surface area contributed by atoms with E-state index in [0.29, 0.717) is 30.2 Å². The molecule has 3 aromatic carbocycles. The van der Waals surface area contributed by atoms with Crippen molar-refractivity contribution in [2.24, 2.45) is 5.92 Å². The second-order valence-electron chi connectivity index (χ2n) is 8.41. The highest BCUT2D eigenvalue weighted by molar-refractivity contribution is 5.94. The summed E-state index contributed by atoms with van der Waals surface area (Å²) < 4.78 is 24.7. The Labute approximate surface area is 203 Å². The van der Waals surface area contributed by atoms with E-state index in [0.717, 1.165) is 5.56 Å². The van der Waals surface area contributed by atoms with Gasteiger partial charge in [0, 0.05) is 30.8 Å². The fraction of sp³-hybridized carbons (Fsp3) is 0.259. The van der Waals surface area contributed by atoms with E-state index >= 15 is 0 Å². The molecule has 3 amide bonds. The van der Waals surface area contributed by atoms with Crippen LogP contribution in [-0.2, 0) is 4.79 Å². The fourth-order valence-corrected chi connectivity index (χ4v) is 4.34. The van der Waals surface area contributed by atoms with Gasteiger partial charge in [0.05, 0.1) is 25.8 Å². The zero-order chi connectivity index (χ0) is 24.8. The highest BCUT2D eigenvalue weighted by Crippen LogP contribution is 2.33. The number of carbonyl (C=O) groups excluding carboxylic acids is 2. The molecule has 182 valence electrons. The molecule has 0 unspecified atom stereocenters. The molecule has 0 saturated carbocycles. The second-order valence-corrected chi connectivity index (χ2v) is 8.41. The molecule has 3 aromatic rings. The van der Waals surface area contributed by atoms with Gasteiger partial charge in [0.1, 0.15) is 5.82 Å². The van der Waals surface area contributed by atoms with Gasteiger partial charge in [-0.15, -0.1) is 0 Å². The number of methoxy groups -OCH3 is 2. The zero-order valence-corrected chi connectivity index (χ0v) is 19.7.